The fraction of sp³-hybridized carbons (Fsp3) is 0.500. The Kier molecular flexibility index (Phi) is 2.88. The summed E-state index contributed by atoms with van der Waals surface area (Å²) in [5.41, 5.74) is 0.256. The van der Waals surface area contributed by atoms with Crippen molar-refractivity contribution in [1.82, 2.24) is 0 Å². The van der Waals surface area contributed by atoms with Crippen LogP contribution in [0.1, 0.15) is 31.1 Å². The van der Waals surface area contributed by atoms with Gasteiger partial charge in [0.25, 0.3) is 0 Å². The molecule has 0 aliphatic carbocycles. The molecule has 72 valence electrons. The molecular weight excluding hydrogens is 168 g/mol. The molecule has 0 radical (unpaired) electrons. The van der Waals surface area contributed by atoms with Crippen LogP contribution in [0.25, 0.3) is 0 Å². The van der Waals surface area contributed by atoms with Crippen molar-refractivity contribution in [3.63, 3.8) is 0 Å². The second kappa shape index (κ2) is 3.75. The van der Waals surface area contributed by atoms with Crippen molar-refractivity contribution in [3.8, 4) is 0 Å². The van der Waals surface area contributed by atoms with Crippen LogP contribution >= 0.6 is 0 Å². The average Bonchev–Trinajstić information content (AvgIpc) is 2.08. The minimum absolute atomic E-state index is 0.145. The maximum absolute atomic E-state index is 11.1. The summed E-state index contributed by atoms with van der Waals surface area (Å²) < 4.78 is 5.02. The van der Waals surface area contributed by atoms with E-state index in [4.69, 9.17) is 4.42 Å². The summed E-state index contributed by atoms with van der Waals surface area (Å²) in [7, 11) is 0. The van der Waals surface area contributed by atoms with E-state index >= 15 is 0 Å². The first-order valence-electron chi connectivity index (χ1n) is 4.31. The molecule has 1 aromatic rings. The van der Waals surface area contributed by atoms with Crippen molar-refractivity contribution < 1.29 is 9.52 Å². The van der Waals surface area contributed by atoms with Crippen LogP contribution in [0.5, 0.6) is 0 Å². The second-order valence-electron chi connectivity index (χ2n) is 3.34. The molecule has 0 saturated heterocycles. The van der Waals surface area contributed by atoms with E-state index < -0.39 is 6.10 Å². The van der Waals surface area contributed by atoms with Gasteiger partial charge < -0.3 is 9.52 Å². The zero-order valence-electron chi connectivity index (χ0n) is 8.07. The summed E-state index contributed by atoms with van der Waals surface area (Å²) in [5, 5.41) is 9.27. The highest BCUT2D eigenvalue weighted by atomic mass is 16.4. The average molecular weight is 182 g/mol. The SMILES string of the molecule is Cc1ccc([C@H](C)[C@H](C)O)oc1=O. The predicted octanol–water partition coefficient (Wildman–Crippen LogP) is 1.43. The summed E-state index contributed by atoms with van der Waals surface area (Å²) >= 11 is 0. The van der Waals surface area contributed by atoms with Gasteiger partial charge in [0.2, 0.25) is 0 Å². The maximum Gasteiger partial charge on any atom is 0.338 e. The first-order valence-corrected chi connectivity index (χ1v) is 4.31. The standard InChI is InChI=1S/C10H14O3/c1-6-4-5-9(13-10(6)12)7(2)8(3)11/h4-5,7-8,11H,1-3H3/t7-,8+/m1/s1. The lowest BCUT2D eigenvalue weighted by molar-refractivity contribution is 0.156. The van der Waals surface area contributed by atoms with Gasteiger partial charge in [-0.25, -0.2) is 4.79 Å². The van der Waals surface area contributed by atoms with E-state index in [9.17, 15) is 9.90 Å². The monoisotopic (exact) mass is 182 g/mol. The highest BCUT2D eigenvalue weighted by Gasteiger charge is 2.14. The van der Waals surface area contributed by atoms with Crippen molar-refractivity contribution in [1.29, 1.82) is 0 Å². The molecule has 1 aromatic heterocycles. The van der Waals surface area contributed by atoms with Gasteiger partial charge in [0.05, 0.1) is 6.10 Å². The number of aliphatic hydroxyl groups is 1. The van der Waals surface area contributed by atoms with Crippen molar-refractivity contribution in [2.24, 2.45) is 0 Å². The summed E-state index contributed by atoms with van der Waals surface area (Å²) in [4.78, 5) is 11.1. The Morgan fingerprint density at radius 1 is 1.38 bits per heavy atom. The quantitative estimate of drug-likeness (QED) is 0.752. The first kappa shape index (κ1) is 9.99. The molecule has 13 heavy (non-hydrogen) atoms. The van der Waals surface area contributed by atoms with Crippen LogP contribution in [0, 0.1) is 6.92 Å². The van der Waals surface area contributed by atoms with Crippen LogP contribution in [0.3, 0.4) is 0 Å². The number of hydrogen-bond donors (Lipinski definition) is 1. The highest BCUT2D eigenvalue weighted by molar-refractivity contribution is 5.12. The first-order chi connectivity index (χ1) is 6.02. The molecule has 0 amide bonds. The largest absolute Gasteiger partial charge is 0.427 e. The fourth-order valence-electron chi connectivity index (χ4n) is 0.979. The molecule has 0 aromatic carbocycles. The zero-order chi connectivity index (χ0) is 10.0. The van der Waals surface area contributed by atoms with Crippen LogP contribution in [0.4, 0.5) is 0 Å². The summed E-state index contributed by atoms with van der Waals surface area (Å²) in [5.74, 6) is 0.388. The minimum Gasteiger partial charge on any atom is -0.427 e. The summed E-state index contributed by atoms with van der Waals surface area (Å²) in [6.07, 6.45) is -0.508. The molecule has 3 heteroatoms. The van der Waals surface area contributed by atoms with Crippen molar-refractivity contribution in [2.45, 2.75) is 32.8 Å². The van der Waals surface area contributed by atoms with Gasteiger partial charge in [-0.1, -0.05) is 6.92 Å². The molecule has 0 aliphatic rings. The summed E-state index contributed by atoms with van der Waals surface area (Å²) in [6.45, 7) is 5.19. The van der Waals surface area contributed by atoms with E-state index in [1.807, 2.05) is 6.92 Å². The second-order valence-corrected chi connectivity index (χ2v) is 3.34. The third-order valence-electron chi connectivity index (χ3n) is 2.20. The van der Waals surface area contributed by atoms with Gasteiger partial charge in [-0.15, -0.1) is 0 Å². The Morgan fingerprint density at radius 2 is 2.00 bits per heavy atom. The van der Waals surface area contributed by atoms with Crippen LogP contribution < -0.4 is 5.63 Å². The summed E-state index contributed by atoms with van der Waals surface area (Å²) in [6, 6.07) is 3.44. The van der Waals surface area contributed by atoms with Crippen molar-refractivity contribution in [3.05, 3.63) is 33.9 Å². The Morgan fingerprint density at radius 3 is 2.46 bits per heavy atom. The highest BCUT2D eigenvalue weighted by Crippen LogP contribution is 2.17. The molecule has 2 atom stereocenters. The van der Waals surface area contributed by atoms with Gasteiger partial charge in [-0.3, -0.25) is 0 Å². The van der Waals surface area contributed by atoms with Crippen molar-refractivity contribution in [2.75, 3.05) is 0 Å². The van der Waals surface area contributed by atoms with E-state index in [2.05, 4.69) is 0 Å². The zero-order valence-corrected chi connectivity index (χ0v) is 8.07. The van der Waals surface area contributed by atoms with Crippen LogP contribution in [-0.4, -0.2) is 11.2 Å². The lowest BCUT2D eigenvalue weighted by Crippen LogP contribution is -2.14. The van der Waals surface area contributed by atoms with Gasteiger partial charge >= 0.3 is 5.63 Å². The van der Waals surface area contributed by atoms with Crippen LogP contribution in [-0.2, 0) is 0 Å². The molecular formula is C10H14O3. The molecule has 3 nitrogen and oxygen atoms in total. The third-order valence-corrected chi connectivity index (χ3v) is 2.20. The van der Waals surface area contributed by atoms with E-state index in [0.29, 0.717) is 11.3 Å². The number of aliphatic hydroxyl groups excluding tert-OH is 1. The van der Waals surface area contributed by atoms with Gasteiger partial charge in [0, 0.05) is 11.5 Å². The molecule has 0 saturated carbocycles. The predicted molar refractivity (Wildman–Crippen MR) is 49.8 cm³/mol. The van der Waals surface area contributed by atoms with Gasteiger partial charge in [0.15, 0.2) is 0 Å². The Labute approximate surface area is 77.0 Å². The van der Waals surface area contributed by atoms with E-state index in [1.54, 1.807) is 26.0 Å². The molecule has 1 N–H and O–H groups in total. The molecule has 1 heterocycles. The fourth-order valence-corrected chi connectivity index (χ4v) is 0.979. The van der Waals surface area contributed by atoms with Gasteiger partial charge in [-0.05, 0) is 26.0 Å². The molecule has 0 aliphatic heterocycles. The van der Waals surface area contributed by atoms with E-state index in [1.165, 1.54) is 0 Å². The maximum atomic E-state index is 11.1. The Hall–Kier alpha value is -1.09. The minimum atomic E-state index is -0.508. The number of hydrogen-bond acceptors (Lipinski definition) is 3. The lowest BCUT2D eigenvalue weighted by atomic mass is 10.0. The van der Waals surface area contributed by atoms with E-state index in [0.717, 1.165) is 0 Å². The van der Waals surface area contributed by atoms with Crippen LogP contribution in [0.15, 0.2) is 21.3 Å². The Bertz CT molecular complexity index is 338. The molecule has 0 fully saturated rings. The van der Waals surface area contributed by atoms with Gasteiger partial charge in [-0.2, -0.15) is 0 Å². The molecule has 0 unspecified atom stereocenters. The molecule has 0 bridgehead atoms. The normalized spacial score (nSPS) is 15.4. The van der Waals surface area contributed by atoms with E-state index in [-0.39, 0.29) is 11.5 Å². The Balaban J connectivity index is 3.04. The smallest absolute Gasteiger partial charge is 0.338 e. The van der Waals surface area contributed by atoms with Crippen LogP contribution in [0.2, 0.25) is 0 Å². The number of aryl methyl sites for hydroxylation is 1. The van der Waals surface area contributed by atoms with Gasteiger partial charge in [0.1, 0.15) is 5.76 Å². The number of rotatable bonds is 2. The molecule has 1 rings (SSSR count). The topological polar surface area (TPSA) is 50.4 Å². The lowest BCUT2D eigenvalue weighted by Gasteiger charge is -2.12. The third kappa shape index (κ3) is 2.18. The van der Waals surface area contributed by atoms with Crippen molar-refractivity contribution >= 4 is 0 Å². The molecule has 0 spiro atoms.